The van der Waals surface area contributed by atoms with E-state index in [1.54, 1.807) is 36.4 Å². The number of carbonyl (C=O) groups is 1. The molecule has 0 atom stereocenters. The van der Waals surface area contributed by atoms with Crippen LogP contribution in [0.25, 0.3) is 0 Å². The quantitative estimate of drug-likeness (QED) is 0.780. The Morgan fingerprint density at radius 1 is 1.15 bits per heavy atom. The van der Waals surface area contributed by atoms with E-state index >= 15 is 0 Å². The molecule has 0 unspecified atom stereocenters. The number of nitrogens with one attached hydrogen (secondary N) is 2. The molecule has 0 bridgehead atoms. The number of piperazine rings is 1. The summed E-state index contributed by atoms with van der Waals surface area (Å²) in [7, 11) is -3.47. The van der Waals surface area contributed by atoms with Gasteiger partial charge in [0.1, 0.15) is 0 Å². The topological polar surface area (TPSA) is 70.9 Å². The number of benzene rings is 2. The smallest absolute Gasteiger partial charge is 0.279 e. The largest absolute Gasteiger partial charge is 0.325 e. The molecule has 2 N–H and O–H groups in total. The molecule has 0 saturated carbocycles. The molecule has 1 amide bonds. The minimum absolute atomic E-state index is 0.107. The molecule has 2 aromatic carbocycles. The minimum atomic E-state index is -3.47. The number of sulfonamides is 1. The highest BCUT2D eigenvalue weighted by Crippen LogP contribution is 2.19. The van der Waals surface area contributed by atoms with Gasteiger partial charge in [0.05, 0.1) is 31.1 Å². The van der Waals surface area contributed by atoms with Crippen LogP contribution in [-0.4, -0.2) is 51.4 Å². The fourth-order valence-corrected chi connectivity index (χ4v) is 4.71. The number of aryl methyl sites for hydroxylation is 1. The normalized spacial score (nSPS) is 16.2. The second-order valence-corrected chi connectivity index (χ2v) is 9.00. The van der Waals surface area contributed by atoms with Gasteiger partial charge in [0, 0.05) is 10.7 Å². The van der Waals surface area contributed by atoms with E-state index in [1.807, 2.05) is 19.1 Å². The van der Waals surface area contributed by atoms with Crippen LogP contribution in [0.15, 0.2) is 53.4 Å². The molecule has 0 aliphatic carbocycles. The number of rotatable bonds is 5. The van der Waals surface area contributed by atoms with E-state index in [4.69, 9.17) is 11.6 Å². The van der Waals surface area contributed by atoms with Gasteiger partial charge in [0.15, 0.2) is 6.54 Å². The first-order chi connectivity index (χ1) is 12.9. The molecule has 0 spiro atoms. The molecule has 0 aromatic heterocycles. The summed E-state index contributed by atoms with van der Waals surface area (Å²) < 4.78 is 26.8. The molecule has 8 heteroatoms. The van der Waals surface area contributed by atoms with Crippen molar-refractivity contribution >= 4 is 33.2 Å². The number of quaternary nitrogens is 1. The van der Waals surface area contributed by atoms with Crippen LogP contribution in [0, 0.1) is 6.92 Å². The van der Waals surface area contributed by atoms with Crippen molar-refractivity contribution in [2.24, 2.45) is 0 Å². The first kappa shape index (κ1) is 19.8. The van der Waals surface area contributed by atoms with E-state index in [0.29, 0.717) is 48.3 Å². The Hall–Kier alpha value is -1.93. The van der Waals surface area contributed by atoms with Gasteiger partial charge in [-0.25, -0.2) is 8.42 Å². The Balaban J connectivity index is 1.53. The van der Waals surface area contributed by atoms with E-state index in [2.05, 4.69) is 5.32 Å². The molecule has 1 fully saturated rings. The standard InChI is InChI=1S/C19H22ClN3O3S/c1-15-7-8-16(13-18(15)20)21-19(24)14-22-9-11-23(12-10-22)27(25,26)17-5-3-2-4-6-17/h2-8,13H,9-12,14H2,1H3,(H,21,24)/p+1. The average Bonchev–Trinajstić information content (AvgIpc) is 2.66. The third kappa shape index (κ3) is 4.87. The number of hydrogen-bond donors (Lipinski definition) is 2. The van der Waals surface area contributed by atoms with Gasteiger partial charge in [-0.3, -0.25) is 4.79 Å². The van der Waals surface area contributed by atoms with Gasteiger partial charge in [-0.05, 0) is 36.8 Å². The maximum Gasteiger partial charge on any atom is 0.279 e. The Bertz CT molecular complexity index is 911. The van der Waals surface area contributed by atoms with Crippen molar-refractivity contribution in [3.63, 3.8) is 0 Å². The number of nitrogens with zero attached hydrogens (tertiary/aromatic N) is 1. The summed E-state index contributed by atoms with van der Waals surface area (Å²) in [4.78, 5) is 13.6. The van der Waals surface area contributed by atoms with Gasteiger partial charge in [-0.1, -0.05) is 35.9 Å². The summed E-state index contributed by atoms with van der Waals surface area (Å²) in [5.41, 5.74) is 1.62. The van der Waals surface area contributed by atoms with Gasteiger partial charge in [0.25, 0.3) is 5.91 Å². The maximum absolute atomic E-state index is 12.6. The molecule has 144 valence electrons. The monoisotopic (exact) mass is 408 g/mol. The second kappa shape index (κ2) is 8.39. The summed E-state index contributed by atoms with van der Waals surface area (Å²) in [6.07, 6.45) is 0. The molecule has 2 aromatic rings. The molecule has 0 radical (unpaired) electrons. The molecule has 1 heterocycles. The average molecular weight is 409 g/mol. The molecule has 1 aliphatic heterocycles. The third-order valence-electron chi connectivity index (χ3n) is 4.68. The summed E-state index contributed by atoms with van der Waals surface area (Å²) >= 11 is 6.08. The van der Waals surface area contributed by atoms with Crippen LogP contribution in [0.4, 0.5) is 5.69 Å². The summed E-state index contributed by atoms with van der Waals surface area (Å²) in [6.45, 7) is 4.18. The van der Waals surface area contributed by atoms with Gasteiger partial charge in [0.2, 0.25) is 10.0 Å². The lowest BCUT2D eigenvalue weighted by Crippen LogP contribution is -3.15. The van der Waals surface area contributed by atoms with Crippen LogP contribution < -0.4 is 10.2 Å². The molecule has 27 heavy (non-hydrogen) atoms. The molecule has 6 nitrogen and oxygen atoms in total. The predicted molar refractivity (Wildman–Crippen MR) is 106 cm³/mol. The fraction of sp³-hybridized carbons (Fsp3) is 0.316. The molecular formula is C19H23ClN3O3S+. The first-order valence-corrected chi connectivity index (χ1v) is 10.6. The number of carbonyl (C=O) groups excluding carboxylic acids is 1. The summed E-state index contributed by atoms with van der Waals surface area (Å²) in [6, 6.07) is 13.8. The number of amides is 1. The van der Waals surface area contributed by atoms with E-state index in [1.165, 1.54) is 4.31 Å². The molecule has 1 saturated heterocycles. The Morgan fingerprint density at radius 3 is 2.44 bits per heavy atom. The minimum Gasteiger partial charge on any atom is -0.325 e. The van der Waals surface area contributed by atoms with Crippen LogP contribution in [-0.2, 0) is 14.8 Å². The van der Waals surface area contributed by atoms with Crippen LogP contribution in [0.1, 0.15) is 5.56 Å². The molecule has 1 aliphatic rings. The second-order valence-electron chi connectivity index (χ2n) is 6.66. The van der Waals surface area contributed by atoms with Crippen LogP contribution in [0.2, 0.25) is 5.02 Å². The lowest BCUT2D eigenvalue weighted by atomic mass is 10.2. The van der Waals surface area contributed by atoms with Crippen LogP contribution in [0.3, 0.4) is 0 Å². The zero-order valence-electron chi connectivity index (χ0n) is 15.1. The highest BCUT2D eigenvalue weighted by molar-refractivity contribution is 7.89. The number of anilines is 1. The maximum atomic E-state index is 12.6. The van der Waals surface area contributed by atoms with Crippen LogP contribution >= 0.6 is 11.6 Å². The van der Waals surface area contributed by atoms with E-state index in [9.17, 15) is 13.2 Å². The number of hydrogen-bond acceptors (Lipinski definition) is 3. The predicted octanol–water partition coefficient (Wildman–Crippen LogP) is 1.18. The van der Waals surface area contributed by atoms with Gasteiger partial charge >= 0.3 is 0 Å². The van der Waals surface area contributed by atoms with E-state index in [-0.39, 0.29) is 5.91 Å². The van der Waals surface area contributed by atoms with Crippen molar-refractivity contribution < 1.29 is 18.1 Å². The van der Waals surface area contributed by atoms with E-state index < -0.39 is 10.0 Å². The Labute approximate surface area is 164 Å². The lowest BCUT2D eigenvalue weighted by Gasteiger charge is -2.31. The van der Waals surface area contributed by atoms with Crippen molar-refractivity contribution in [1.82, 2.24) is 4.31 Å². The molecule has 3 rings (SSSR count). The van der Waals surface area contributed by atoms with Gasteiger partial charge in [-0.2, -0.15) is 4.31 Å². The Kier molecular flexibility index (Phi) is 6.16. The number of halogens is 1. The summed E-state index contributed by atoms with van der Waals surface area (Å²) in [5, 5.41) is 3.46. The van der Waals surface area contributed by atoms with Gasteiger partial charge < -0.3 is 10.2 Å². The highest BCUT2D eigenvalue weighted by Gasteiger charge is 2.30. The summed E-state index contributed by atoms with van der Waals surface area (Å²) in [5.74, 6) is -0.107. The van der Waals surface area contributed by atoms with Crippen molar-refractivity contribution in [3.05, 3.63) is 59.1 Å². The third-order valence-corrected chi connectivity index (χ3v) is 7.00. The van der Waals surface area contributed by atoms with Crippen molar-refractivity contribution in [2.75, 3.05) is 38.0 Å². The first-order valence-electron chi connectivity index (χ1n) is 8.81. The van der Waals surface area contributed by atoms with E-state index in [0.717, 1.165) is 10.5 Å². The highest BCUT2D eigenvalue weighted by atomic mass is 35.5. The SMILES string of the molecule is Cc1ccc(NC(=O)C[NH+]2CCN(S(=O)(=O)c3ccccc3)CC2)cc1Cl. The lowest BCUT2D eigenvalue weighted by molar-refractivity contribution is -0.895. The fourth-order valence-electron chi connectivity index (χ4n) is 3.06. The Morgan fingerprint density at radius 2 is 1.81 bits per heavy atom. The molecular weight excluding hydrogens is 386 g/mol. The van der Waals surface area contributed by atoms with Crippen molar-refractivity contribution in [2.45, 2.75) is 11.8 Å². The van der Waals surface area contributed by atoms with Gasteiger partial charge in [-0.15, -0.1) is 0 Å². The zero-order valence-corrected chi connectivity index (χ0v) is 16.7. The van der Waals surface area contributed by atoms with Crippen molar-refractivity contribution in [1.29, 1.82) is 0 Å². The zero-order chi connectivity index (χ0) is 19.4. The van der Waals surface area contributed by atoms with Crippen molar-refractivity contribution in [3.8, 4) is 0 Å². The van der Waals surface area contributed by atoms with Crippen LogP contribution in [0.5, 0.6) is 0 Å².